The Labute approximate surface area is 130 Å². The van der Waals surface area contributed by atoms with E-state index in [1.165, 1.54) is 18.3 Å². The molecular weight excluding hydrogens is 323 g/mol. The van der Waals surface area contributed by atoms with Gasteiger partial charge in [-0.3, -0.25) is 4.79 Å². The topological polar surface area (TPSA) is 62.2 Å². The summed E-state index contributed by atoms with van der Waals surface area (Å²) in [5.74, 6) is -0.0240. The number of aromatic nitrogens is 1. The number of nitrogens with zero attached hydrogens (tertiary/aromatic N) is 1. The van der Waals surface area contributed by atoms with E-state index in [1.807, 2.05) is 0 Å². The Morgan fingerprint density at radius 1 is 1.30 bits per heavy atom. The zero-order valence-corrected chi connectivity index (χ0v) is 12.3. The lowest BCUT2D eigenvalue weighted by Crippen LogP contribution is -2.02. The highest BCUT2D eigenvalue weighted by molar-refractivity contribution is 6.67. The molecule has 0 bridgehead atoms. The minimum Gasteiger partial charge on any atom is -0.506 e. The van der Waals surface area contributed by atoms with Crippen molar-refractivity contribution in [1.82, 2.24) is 4.98 Å². The zero-order valence-electron chi connectivity index (χ0n) is 10.0. The number of rotatable bonds is 4. The number of halogens is 3. The van der Waals surface area contributed by atoms with E-state index in [1.54, 1.807) is 12.1 Å². The fraction of sp³-hybridized carbons (Fsp3) is 0.0769. The molecule has 0 unspecified atom stereocenters. The lowest BCUT2D eigenvalue weighted by molar-refractivity contribution is 0.107. The van der Waals surface area contributed by atoms with Crippen LogP contribution in [-0.4, -0.2) is 15.3 Å². The molecule has 7 heteroatoms. The fourth-order valence-corrected chi connectivity index (χ4v) is 2.21. The van der Waals surface area contributed by atoms with E-state index >= 15 is 0 Å². The minimum atomic E-state index is -0.615. The van der Waals surface area contributed by atoms with Crippen molar-refractivity contribution < 1.29 is 9.90 Å². The van der Waals surface area contributed by atoms with Gasteiger partial charge in [-0.2, -0.15) is 0 Å². The number of hydrogen-bond donors (Lipinski definition) is 2. The molecule has 0 atom stereocenters. The number of carbonyl (C=O) groups is 1. The molecule has 1 aromatic carbocycles. The number of nitrogens with one attached hydrogen (secondary N) is 1. The summed E-state index contributed by atoms with van der Waals surface area (Å²) in [4.78, 5) is 14.8. The van der Waals surface area contributed by atoms with Gasteiger partial charge < -0.3 is 10.4 Å². The Kier molecular flexibility index (Phi) is 4.70. The number of pyridine rings is 1. The Hall–Kier alpha value is -1.49. The van der Waals surface area contributed by atoms with E-state index < -0.39 is 5.24 Å². The van der Waals surface area contributed by atoms with Crippen molar-refractivity contribution in [2.45, 2.75) is 6.54 Å². The third kappa shape index (κ3) is 3.54. The smallest absolute Gasteiger partial charge is 0.270 e. The predicted octanol–water partition coefficient (Wildman–Crippen LogP) is 4.09. The molecular formula is C13H9Cl3N2O2. The number of hydrogen-bond acceptors (Lipinski definition) is 4. The molecule has 4 nitrogen and oxygen atoms in total. The van der Waals surface area contributed by atoms with Crippen LogP contribution >= 0.6 is 34.8 Å². The van der Waals surface area contributed by atoms with Crippen molar-refractivity contribution in [3.05, 3.63) is 51.8 Å². The molecule has 0 saturated heterocycles. The fourth-order valence-electron chi connectivity index (χ4n) is 1.57. The third-order valence-corrected chi connectivity index (χ3v) is 3.25. The zero-order chi connectivity index (χ0) is 14.7. The highest BCUT2D eigenvalue weighted by Gasteiger charge is 2.08. The molecule has 1 heterocycles. The van der Waals surface area contributed by atoms with E-state index in [0.717, 1.165) is 0 Å². The van der Waals surface area contributed by atoms with Gasteiger partial charge >= 0.3 is 0 Å². The van der Waals surface area contributed by atoms with Crippen LogP contribution in [0.4, 0.5) is 5.69 Å². The molecule has 1 aromatic heterocycles. The first-order valence-corrected chi connectivity index (χ1v) is 6.67. The number of aromatic hydroxyl groups is 1. The summed E-state index contributed by atoms with van der Waals surface area (Å²) in [6.07, 6.45) is 1.47. The quantitative estimate of drug-likeness (QED) is 0.829. The van der Waals surface area contributed by atoms with Crippen LogP contribution in [0, 0.1) is 0 Å². The molecule has 0 fully saturated rings. The van der Waals surface area contributed by atoms with E-state index in [9.17, 15) is 9.90 Å². The summed E-state index contributed by atoms with van der Waals surface area (Å²) < 4.78 is 0. The van der Waals surface area contributed by atoms with Gasteiger partial charge in [0.15, 0.2) is 0 Å². The van der Waals surface area contributed by atoms with Crippen LogP contribution in [0.3, 0.4) is 0 Å². The van der Waals surface area contributed by atoms with Gasteiger partial charge in [-0.15, -0.1) is 0 Å². The second-order valence-electron chi connectivity index (χ2n) is 3.95. The van der Waals surface area contributed by atoms with Crippen molar-refractivity contribution in [2.24, 2.45) is 0 Å². The first-order chi connectivity index (χ1) is 9.47. The monoisotopic (exact) mass is 330 g/mol. The summed E-state index contributed by atoms with van der Waals surface area (Å²) in [6, 6.07) is 6.23. The Bertz CT molecular complexity index is 645. The van der Waals surface area contributed by atoms with Gasteiger partial charge in [-0.05, 0) is 35.9 Å². The standard InChI is InChI=1S/C13H9Cl3N2O2/c14-8-3-7(12(19)10(15)4-8)5-17-9-1-2-11(13(16)20)18-6-9/h1-4,6,17,19H,5H2. The molecule has 0 aliphatic carbocycles. The normalized spacial score (nSPS) is 10.3. The highest BCUT2D eigenvalue weighted by Crippen LogP contribution is 2.31. The maximum Gasteiger partial charge on any atom is 0.270 e. The van der Waals surface area contributed by atoms with Gasteiger partial charge in [0.25, 0.3) is 5.24 Å². The van der Waals surface area contributed by atoms with Crippen molar-refractivity contribution in [2.75, 3.05) is 5.32 Å². The van der Waals surface area contributed by atoms with Crippen molar-refractivity contribution in [3.63, 3.8) is 0 Å². The minimum absolute atomic E-state index is 0.0240. The van der Waals surface area contributed by atoms with E-state index in [4.69, 9.17) is 34.8 Å². The van der Waals surface area contributed by atoms with Gasteiger partial charge in [0.2, 0.25) is 0 Å². The lowest BCUT2D eigenvalue weighted by Gasteiger charge is -2.09. The van der Waals surface area contributed by atoms with Gasteiger partial charge in [0, 0.05) is 17.1 Å². The Morgan fingerprint density at radius 3 is 2.65 bits per heavy atom. The maximum absolute atomic E-state index is 10.9. The Balaban J connectivity index is 2.11. The SMILES string of the molecule is O=C(Cl)c1ccc(NCc2cc(Cl)cc(Cl)c2O)cn1. The molecule has 20 heavy (non-hydrogen) atoms. The molecule has 0 aliphatic rings. The predicted molar refractivity (Wildman–Crippen MR) is 79.9 cm³/mol. The molecule has 2 rings (SSSR count). The van der Waals surface area contributed by atoms with Crippen LogP contribution in [0.1, 0.15) is 16.1 Å². The van der Waals surface area contributed by atoms with Crippen molar-refractivity contribution in [1.29, 1.82) is 0 Å². The molecule has 104 valence electrons. The molecule has 0 saturated carbocycles. The second-order valence-corrected chi connectivity index (χ2v) is 5.14. The summed E-state index contributed by atoms with van der Waals surface area (Å²) in [6.45, 7) is 0.308. The number of phenols is 1. The first kappa shape index (κ1) is 14.9. The lowest BCUT2D eigenvalue weighted by atomic mass is 10.2. The second kappa shape index (κ2) is 6.31. The van der Waals surface area contributed by atoms with Gasteiger partial charge in [0.1, 0.15) is 11.4 Å². The third-order valence-electron chi connectivity index (χ3n) is 2.55. The van der Waals surface area contributed by atoms with E-state index in [0.29, 0.717) is 22.8 Å². The van der Waals surface area contributed by atoms with Gasteiger partial charge in [0.05, 0.1) is 16.9 Å². The highest BCUT2D eigenvalue weighted by atomic mass is 35.5. The summed E-state index contributed by atoms with van der Waals surface area (Å²) in [5, 5.41) is 12.8. The summed E-state index contributed by atoms with van der Waals surface area (Å²) in [5.41, 5.74) is 1.40. The largest absolute Gasteiger partial charge is 0.506 e. The van der Waals surface area contributed by atoms with Crippen LogP contribution in [0.2, 0.25) is 10.0 Å². The van der Waals surface area contributed by atoms with E-state index in [2.05, 4.69) is 10.3 Å². The molecule has 0 aliphatic heterocycles. The van der Waals surface area contributed by atoms with Crippen LogP contribution in [0.25, 0.3) is 0 Å². The first-order valence-electron chi connectivity index (χ1n) is 5.54. The van der Waals surface area contributed by atoms with Gasteiger partial charge in [-0.25, -0.2) is 4.98 Å². The number of anilines is 1. The van der Waals surface area contributed by atoms with Gasteiger partial charge in [-0.1, -0.05) is 23.2 Å². The number of carbonyl (C=O) groups excluding carboxylic acids is 1. The average Bonchev–Trinajstić information content (AvgIpc) is 2.41. The van der Waals surface area contributed by atoms with Crippen LogP contribution in [0.5, 0.6) is 5.75 Å². The summed E-state index contributed by atoms with van der Waals surface area (Å²) in [7, 11) is 0. The van der Waals surface area contributed by atoms with Crippen LogP contribution < -0.4 is 5.32 Å². The van der Waals surface area contributed by atoms with Crippen molar-refractivity contribution in [3.8, 4) is 5.75 Å². The van der Waals surface area contributed by atoms with E-state index in [-0.39, 0.29) is 16.5 Å². The molecule has 0 radical (unpaired) electrons. The van der Waals surface area contributed by atoms with Crippen LogP contribution in [-0.2, 0) is 6.54 Å². The molecule has 2 aromatic rings. The number of benzene rings is 1. The molecule has 0 amide bonds. The Morgan fingerprint density at radius 2 is 2.05 bits per heavy atom. The maximum atomic E-state index is 10.9. The van der Waals surface area contributed by atoms with Crippen molar-refractivity contribution >= 4 is 45.7 Å². The number of phenolic OH excluding ortho intramolecular Hbond substituents is 1. The summed E-state index contributed by atoms with van der Waals surface area (Å²) >= 11 is 17.0. The average molecular weight is 332 g/mol. The molecule has 2 N–H and O–H groups in total. The molecule has 0 spiro atoms. The van der Waals surface area contributed by atoms with Crippen LogP contribution in [0.15, 0.2) is 30.5 Å².